The lowest BCUT2D eigenvalue weighted by Gasteiger charge is -2.14. The van der Waals surface area contributed by atoms with Crippen molar-refractivity contribution >= 4 is 5.91 Å². The van der Waals surface area contributed by atoms with Crippen molar-refractivity contribution in [3.05, 3.63) is 0 Å². The molecule has 0 radical (unpaired) electrons. The lowest BCUT2D eigenvalue weighted by molar-refractivity contribution is -0.123. The SMILES string of the molecule is CCCOCCC(=O)NC(CO)COC. The quantitative estimate of drug-likeness (QED) is 0.533. The molecule has 0 saturated heterocycles. The van der Waals surface area contributed by atoms with E-state index in [9.17, 15) is 4.79 Å². The van der Waals surface area contributed by atoms with Gasteiger partial charge in [0, 0.05) is 20.1 Å². The van der Waals surface area contributed by atoms with Crippen LogP contribution in [0.1, 0.15) is 19.8 Å². The Morgan fingerprint density at radius 3 is 2.73 bits per heavy atom. The van der Waals surface area contributed by atoms with Gasteiger partial charge in [-0.2, -0.15) is 0 Å². The maximum atomic E-state index is 11.3. The first-order valence-electron chi connectivity index (χ1n) is 5.21. The molecule has 0 aliphatic heterocycles. The summed E-state index contributed by atoms with van der Waals surface area (Å²) in [5, 5.41) is 11.5. The van der Waals surface area contributed by atoms with Crippen LogP contribution in [0.3, 0.4) is 0 Å². The van der Waals surface area contributed by atoms with Gasteiger partial charge in [0.15, 0.2) is 0 Å². The van der Waals surface area contributed by atoms with Crippen molar-refractivity contribution in [2.24, 2.45) is 0 Å². The number of rotatable bonds is 9. The third-order valence-electron chi connectivity index (χ3n) is 1.78. The van der Waals surface area contributed by atoms with Crippen molar-refractivity contribution in [2.45, 2.75) is 25.8 Å². The standard InChI is InChI=1S/C10H21NO4/c1-3-5-15-6-4-10(13)11-9(7-12)8-14-2/h9,12H,3-8H2,1-2H3,(H,11,13). The summed E-state index contributed by atoms with van der Waals surface area (Å²) >= 11 is 0. The second-order valence-electron chi connectivity index (χ2n) is 3.26. The van der Waals surface area contributed by atoms with Crippen molar-refractivity contribution in [2.75, 3.05) is 33.5 Å². The second-order valence-corrected chi connectivity index (χ2v) is 3.26. The van der Waals surface area contributed by atoms with Gasteiger partial charge in [-0.1, -0.05) is 6.92 Å². The predicted octanol–water partition coefficient (Wildman–Crippen LogP) is -0.0734. The van der Waals surface area contributed by atoms with E-state index in [0.717, 1.165) is 6.42 Å². The van der Waals surface area contributed by atoms with Crippen molar-refractivity contribution in [3.63, 3.8) is 0 Å². The molecule has 0 aliphatic carbocycles. The molecule has 0 aliphatic rings. The predicted molar refractivity (Wildman–Crippen MR) is 56.6 cm³/mol. The topological polar surface area (TPSA) is 67.8 Å². The summed E-state index contributed by atoms with van der Waals surface area (Å²) in [5.74, 6) is -0.123. The van der Waals surface area contributed by atoms with Crippen LogP contribution in [0.15, 0.2) is 0 Å². The first-order chi connectivity index (χ1) is 7.24. The van der Waals surface area contributed by atoms with Crippen LogP contribution in [0.4, 0.5) is 0 Å². The summed E-state index contributed by atoms with van der Waals surface area (Å²) in [6.45, 7) is 3.31. The van der Waals surface area contributed by atoms with Gasteiger partial charge >= 0.3 is 0 Å². The van der Waals surface area contributed by atoms with Crippen LogP contribution >= 0.6 is 0 Å². The number of ether oxygens (including phenoxy) is 2. The van der Waals surface area contributed by atoms with Crippen LogP contribution in [-0.2, 0) is 14.3 Å². The van der Waals surface area contributed by atoms with Crippen LogP contribution in [0.5, 0.6) is 0 Å². The fourth-order valence-electron chi connectivity index (χ4n) is 1.05. The van der Waals surface area contributed by atoms with Crippen molar-refractivity contribution in [3.8, 4) is 0 Å². The van der Waals surface area contributed by atoms with E-state index >= 15 is 0 Å². The number of amides is 1. The van der Waals surface area contributed by atoms with Gasteiger partial charge in [-0.3, -0.25) is 4.79 Å². The van der Waals surface area contributed by atoms with Crippen LogP contribution in [-0.4, -0.2) is 50.6 Å². The molecule has 0 aromatic heterocycles. The highest BCUT2D eigenvalue weighted by Gasteiger charge is 2.10. The molecule has 0 aromatic rings. The number of carbonyl (C=O) groups is 1. The zero-order chi connectivity index (χ0) is 11.5. The van der Waals surface area contributed by atoms with Crippen LogP contribution in [0.2, 0.25) is 0 Å². The minimum Gasteiger partial charge on any atom is -0.394 e. The number of methoxy groups -OCH3 is 1. The Morgan fingerprint density at radius 2 is 2.20 bits per heavy atom. The highest BCUT2D eigenvalue weighted by Crippen LogP contribution is 1.89. The van der Waals surface area contributed by atoms with E-state index in [4.69, 9.17) is 14.6 Å². The zero-order valence-corrected chi connectivity index (χ0v) is 9.49. The molecule has 5 heteroatoms. The number of carbonyl (C=O) groups excluding carboxylic acids is 1. The van der Waals surface area contributed by atoms with Gasteiger partial charge in [-0.05, 0) is 6.42 Å². The normalized spacial score (nSPS) is 12.5. The fraction of sp³-hybridized carbons (Fsp3) is 0.900. The smallest absolute Gasteiger partial charge is 0.222 e. The summed E-state index contributed by atoms with van der Waals surface area (Å²) in [5.41, 5.74) is 0. The minimum atomic E-state index is -0.325. The first-order valence-corrected chi connectivity index (χ1v) is 5.21. The maximum Gasteiger partial charge on any atom is 0.222 e. The molecule has 1 amide bonds. The molecule has 2 N–H and O–H groups in total. The van der Waals surface area contributed by atoms with Gasteiger partial charge < -0.3 is 19.9 Å². The number of aliphatic hydroxyl groups excluding tert-OH is 1. The number of hydrogen-bond acceptors (Lipinski definition) is 4. The molecule has 0 bridgehead atoms. The molecule has 5 nitrogen and oxygen atoms in total. The van der Waals surface area contributed by atoms with E-state index < -0.39 is 0 Å². The third-order valence-corrected chi connectivity index (χ3v) is 1.78. The third kappa shape index (κ3) is 8.35. The monoisotopic (exact) mass is 219 g/mol. The molecule has 0 spiro atoms. The molecule has 90 valence electrons. The number of nitrogens with one attached hydrogen (secondary N) is 1. The van der Waals surface area contributed by atoms with E-state index in [1.807, 2.05) is 6.92 Å². The van der Waals surface area contributed by atoms with Gasteiger partial charge in [-0.15, -0.1) is 0 Å². The van der Waals surface area contributed by atoms with Gasteiger partial charge in [0.1, 0.15) is 0 Å². The Morgan fingerprint density at radius 1 is 1.47 bits per heavy atom. The van der Waals surface area contributed by atoms with Gasteiger partial charge in [0.25, 0.3) is 0 Å². The van der Waals surface area contributed by atoms with Gasteiger partial charge in [0.05, 0.1) is 25.9 Å². The molecule has 0 aromatic carbocycles. The summed E-state index contributed by atoms with van der Waals surface area (Å²) < 4.78 is 10.0. The number of aliphatic hydroxyl groups is 1. The van der Waals surface area contributed by atoms with Crippen LogP contribution in [0.25, 0.3) is 0 Å². The summed E-state index contributed by atoms with van der Waals surface area (Å²) in [4.78, 5) is 11.3. The van der Waals surface area contributed by atoms with E-state index in [-0.39, 0.29) is 18.6 Å². The van der Waals surface area contributed by atoms with E-state index in [1.54, 1.807) is 0 Å². The zero-order valence-electron chi connectivity index (χ0n) is 9.49. The Kier molecular flexibility index (Phi) is 9.46. The molecular weight excluding hydrogens is 198 g/mol. The van der Waals surface area contributed by atoms with E-state index in [0.29, 0.717) is 26.2 Å². The Balaban J connectivity index is 3.52. The van der Waals surface area contributed by atoms with Crippen molar-refractivity contribution in [1.29, 1.82) is 0 Å². The van der Waals surface area contributed by atoms with Crippen molar-refractivity contribution in [1.82, 2.24) is 5.32 Å². The highest BCUT2D eigenvalue weighted by atomic mass is 16.5. The summed E-state index contributed by atoms with van der Waals surface area (Å²) in [6, 6.07) is -0.325. The summed E-state index contributed by atoms with van der Waals surface area (Å²) in [7, 11) is 1.53. The Labute approximate surface area is 90.8 Å². The highest BCUT2D eigenvalue weighted by molar-refractivity contribution is 5.76. The van der Waals surface area contributed by atoms with Crippen LogP contribution in [0, 0.1) is 0 Å². The fourth-order valence-corrected chi connectivity index (χ4v) is 1.05. The van der Waals surface area contributed by atoms with Gasteiger partial charge in [0.2, 0.25) is 5.91 Å². The molecule has 0 rings (SSSR count). The van der Waals surface area contributed by atoms with E-state index in [1.165, 1.54) is 7.11 Å². The number of hydrogen-bond donors (Lipinski definition) is 2. The average Bonchev–Trinajstić information content (AvgIpc) is 2.24. The van der Waals surface area contributed by atoms with Crippen LogP contribution < -0.4 is 5.32 Å². The Hall–Kier alpha value is -0.650. The molecule has 0 fully saturated rings. The molecule has 0 heterocycles. The summed E-state index contributed by atoms with van der Waals surface area (Å²) in [6.07, 6.45) is 1.27. The Bertz CT molecular complexity index is 164. The largest absolute Gasteiger partial charge is 0.394 e. The maximum absolute atomic E-state index is 11.3. The lowest BCUT2D eigenvalue weighted by atomic mass is 10.3. The average molecular weight is 219 g/mol. The van der Waals surface area contributed by atoms with Crippen molar-refractivity contribution < 1.29 is 19.4 Å². The molecule has 1 atom stereocenters. The molecule has 0 saturated carbocycles. The van der Waals surface area contributed by atoms with E-state index in [2.05, 4.69) is 5.32 Å². The minimum absolute atomic E-state index is 0.116. The lowest BCUT2D eigenvalue weighted by Crippen LogP contribution is -2.40. The molecular formula is C10H21NO4. The molecule has 1 unspecified atom stereocenters. The second kappa shape index (κ2) is 9.89. The van der Waals surface area contributed by atoms with Gasteiger partial charge in [-0.25, -0.2) is 0 Å². The first kappa shape index (κ1) is 14.3. The molecule has 15 heavy (non-hydrogen) atoms.